The van der Waals surface area contributed by atoms with Crippen LogP contribution in [-0.2, 0) is 6.54 Å². The maximum Gasteiger partial charge on any atom is 0.258 e. The molecule has 0 aliphatic heterocycles. The van der Waals surface area contributed by atoms with Crippen molar-refractivity contribution in [3.05, 3.63) is 40.4 Å². The third-order valence-electron chi connectivity index (χ3n) is 3.86. The Balaban J connectivity index is 1.72. The molecule has 0 radical (unpaired) electrons. The molecule has 1 aliphatic carbocycles. The maximum atomic E-state index is 12.0. The molecule has 0 unspecified atom stereocenters. The highest BCUT2D eigenvalue weighted by Gasteiger charge is 2.27. The summed E-state index contributed by atoms with van der Waals surface area (Å²) in [5, 5.41) is 9.92. The van der Waals surface area contributed by atoms with Crippen molar-refractivity contribution in [2.24, 2.45) is 5.92 Å². The number of para-hydroxylation sites is 1. The Bertz CT molecular complexity index is 661. The molecule has 0 atom stereocenters. The Hall–Kier alpha value is -1.72. The second-order valence-electron chi connectivity index (χ2n) is 5.72. The van der Waals surface area contributed by atoms with Crippen molar-refractivity contribution in [2.45, 2.75) is 25.5 Å². The molecular formula is C15H19N3O2. The molecule has 106 valence electrons. The Morgan fingerprint density at radius 3 is 2.90 bits per heavy atom. The molecule has 20 heavy (non-hydrogen) atoms. The minimum absolute atomic E-state index is 0.0851. The first-order valence-corrected chi connectivity index (χ1v) is 6.96. The third-order valence-corrected chi connectivity index (χ3v) is 3.86. The zero-order valence-electron chi connectivity index (χ0n) is 11.5. The van der Waals surface area contributed by atoms with Crippen LogP contribution in [0.2, 0.25) is 0 Å². The summed E-state index contributed by atoms with van der Waals surface area (Å²) in [4.78, 5) is 21.4. The van der Waals surface area contributed by atoms with E-state index in [9.17, 15) is 9.90 Å². The van der Waals surface area contributed by atoms with Crippen LogP contribution in [0, 0.1) is 5.92 Å². The summed E-state index contributed by atoms with van der Waals surface area (Å²) in [7, 11) is 2.01. The average Bonchev–Trinajstić information content (AvgIpc) is 2.37. The summed E-state index contributed by atoms with van der Waals surface area (Å²) in [5.74, 6) is 1.25. The van der Waals surface area contributed by atoms with Gasteiger partial charge in [0, 0.05) is 6.54 Å². The smallest absolute Gasteiger partial charge is 0.258 e. The van der Waals surface area contributed by atoms with Crippen LogP contribution in [0.15, 0.2) is 29.1 Å². The molecule has 5 nitrogen and oxygen atoms in total. The van der Waals surface area contributed by atoms with Gasteiger partial charge in [-0.2, -0.15) is 0 Å². The Morgan fingerprint density at radius 1 is 1.40 bits per heavy atom. The van der Waals surface area contributed by atoms with Crippen LogP contribution >= 0.6 is 0 Å². The van der Waals surface area contributed by atoms with Crippen molar-refractivity contribution >= 4 is 10.9 Å². The summed E-state index contributed by atoms with van der Waals surface area (Å²) in [6.45, 7) is 1.54. The Labute approximate surface area is 117 Å². The molecule has 0 bridgehead atoms. The number of aromatic amines is 1. The number of aliphatic hydroxyl groups is 1. The molecule has 1 aromatic carbocycles. The normalized spacial score (nSPS) is 22.1. The fourth-order valence-electron chi connectivity index (χ4n) is 2.82. The number of nitrogens with one attached hydrogen (secondary N) is 1. The number of hydrogen-bond acceptors (Lipinski definition) is 4. The molecule has 2 aromatic rings. The number of rotatable bonds is 4. The molecule has 0 amide bonds. The van der Waals surface area contributed by atoms with Crippen LogP contribution in [0.25, 0.3) is 10.9 Å². The van der Waals surface area contributed by atoms with E-state index in [0.717, 1.165) is 24.9 Å². The number of benzene rings is 1. The fraction of sp³-hybridized carbons (Fsp3) is 0.467. The van der Waals surface area contributed by atoms with Crippen molar-refractivity contribution < 1.29 is 5.11 Å². The number of aliphatic hydroxyl groups excluding tert-OH is 1. The number of hydrogen-bond donors (Lipinski definition) is 2. The number of fused-ring (bicyclic) bond motifs is 1. The third kappa shape index (κ3) is 2.73. The lowest BCUT2D eigenvalue weighted by molar-refractivity contribution is 0.0271. The number of nitrogens with zero attached hydrogens (tertiary/aromatic N) is 2. The monoisotopic (exact) mass is 273 g/mol. The number of aromatic nitrogens is 2. The van der Waals surface area contributed by atoms with E-state index in [1.54, 1.807) is 6.07 Å². The second-order valence-corrected chi connectivity index (χ2v) is 5.72. The molecule has 1 aromatic heterocycles. The largest absolute Gasteiger partial charge is 0.393 e. The lowest BCUT2D eigenvalue weighted by Gasteiger charge is -2.34. The summed E-state index contributed by atoms with van der Waals surface area (Å²) in [6, 6.07) is 7.37. The first kappa shape index (κ1) is 13.3. The second kappa shape index (κ2) is 5.34. The quantitative estimate of drug-likeness (QED) is 0.876. The van der Waals surface area contributed by atoms with Crippen LogP contribution in [0.5, 0.6) is 0 Å². The summed E-state index contributed by atoms with van der Waals surface area (Å²) < 4.78 is 0. The van der Waals surface area contributed by atoms with Crippen molar-refractivity contribution in [3.8, 4) is 0 Å². The van der Waals surface area contributed by atoms with E-state index < -0.39 is 0 Å². The fourth-order valence-corrected chi connectivity index (χ4v) is 2.82. The van der Waals surface area contributed by atoms with Crippen LogP contribution in [0.4, 0.5) is 0 Å². The van der Waals surface area contributed by atoms with Gasteiger partial charge in [-0.3, -0.25) is 9.69 Å². The summed E-state index contributed by atoms with van der Waals surface area (Å²) in [6.07, 6.45) is 1.64. The first-order chi connectivity index (χ1) is 9.61. The van der Waals surface area contributed by atoms with Crippen LogP contribution < -0.4 is 5.56 Å². The molecule has 0 spiro atoms. The summed E-state index contributed by atoms with van der Waals surface area (Å²) >= 11 is 0. The zero-order valence-corrected chi connectivity index (χ0v) is 11.5. The number of H-pyrrole nitrogens is 1. The van der Waals surface area contributed by atoms with Crippen LogP contribution in [0.3, 0.4) is 0 Å². The van der Waals surface area contributed by atoms with E-state index in [2.05, 4.69) is 14.9 Å². The predicted molar refractivity (Wildman–Crippen MR) is 77.4 cm³/mol. The van der Waals surface area contributed by atoms with Crippen molar-refractivity contribution in [1.29, 1.82) is 0 Å². The highest BCUT2D eigenvalue weighted by molar-refractivity contribution is 5.77. The van der Waals surface area contributed by atoms with E-state index >= 15 is 0 Å². The molecule has 2 N–H and O–H groups in total. The van der Waals surface area contributed by atoms with Gasteiger partial charge in [-0.05, 0) is 37.9 Å². The molecule has 3 rings (SSSR count). The average molecular weight is 273 g/mol. The minimum atomic E-state index is -0.119. The topological polar surface area (TPSA) is 69.2 Å². The highest BCUT2D eigenvalue weighted by Crippen LogP contribution is 2.27. The van der Waals surface area contributed by atoms with Crippen molar-refractivity contribution in [3.63, 3.8) is 0 Å². The van der Waals surface area contributed by atoms with E-state index in [0.29, 0.717) is 23.7 Å². The minimum Gasteiger partial charge on any atom is -0.393 e. The molecule has 1 saturated carbocycles. The standard InChI is InChI=1S/C15H19N3O2/c1-18(8-10-6-11(19)7-10)9-14-16-13-5-3-2-4-12(13)15(20)17-14/h2-5,10-11,19H,6-9H2,1H3,(H,16,17,20). The van der Waals surface area contributed by atoms with Gasteiger partial charge < -0.3 is 10.1 Å². The Kier molecular flexibility index (Phi) is 3.54. The predicted octanol–water partition coefficient (Wildman–Crippen LogP) is 1.13. The molecule has 1 aliphatic rings. The van der Waals surface area contributed by atoms with Gasteiger partial charge in [0.1, 0.15) is 5.82 Å². The van der Waals surface area contributed by atoms with E-state index in [4.69, 9.17) is 0 Å². The van der Waals surface area contributed by atoms with Gasteiger partial charge >= 0.3 is 0 Å². The van der Waals surface area contributed by atoms with Gasteiger partial charge in [0.05, 0.1) is 23.6 Å². The zero-order chi connectivity index (χ0) is 14.1. The van der Waals surface area contributed by atoms with Crippen LogP contribution in [0.1, 0.15) is 18.7 Å². The van der Waals surface area contributed by atoms with Gasteiger partial charge in [0.2, 0.25) is 0 Å². The molecule has 0 saturated heterocycles. The van der Waals surface area contributed by atoms with Crippen molar-refractivity contribution in [1.82, 2.24) is 14.9 Å². The highest BCUT2D eigenvalue weighted by atomic mass is 16.3. The SMILES string of the molecule is CN(Cc1nc2ccccc2c(=O)[nH]1)CC1CC(O)C1. The summed E-state index contributed by atoms with van der Waals surface area (Å²) in [5.41, 5.74) is 0.650. The lowest BCUT2D eigenvalue weighted by Crippen LogP contribution is -2.37. The maximum absolute atomic E-state index is 12.0. The first-order valence-electron chi connectivity index (χ1n) is 6.96. The lowest BCUT2D eigenvalue weighted by atomic mass is 9.82. The molecule has 1 heterocycles. The van der Waals surface area contributed by atoms with E-state index in [1.165, 1.54) is 0 Å². The Morgan fingerprint density at radius 2 is 2.15 bits per heavy atom. The molecular weight excluding hydrogens is 254 g/mol. The van der Waals surface area contributed by atoms with Gasteiger partial charge in [-0.1, -0.05) is 12.1 Å². The molecule has 5 heteroatoms. The van der Waals surface area contributed by atoms with Crippen molar-refractivity contribution in [2.75, 3.05) is 13.6 Å². The molecule has 1 fully saturated rings. The van der Waals surface area contributed by atoms with Gasteiger partial charge in [-0.25, -0.2) is 4.98 Å². The van der Waals surface area contributed by atoms with Crippen LogP contribution in [-0.4, -0.2) is 39.7 Å². The van der Waals surface area contributed by atoms with E-state index in [-0.39, 0.29) is 11.7 Å². The van der Waals surface area contributed by atoms with E-state index in [1.807, 2.05) is 25.2 Å². The van der Waals surface area contributed by atoms with Gasteiger partial charge in [0.15, 0.2) is 0 Å². The van der Waals surface area contributed by atoms with Gasteiger partial charge in [-0.15, -0.1) is 0 Å². The van der Waals surface area contributed by atoms with Gasteiger partial charge in [0.25, 0.3) is 5.56 Å².